The molecule has 1 rings (SSSR count). The third kappa shape index (κ3) is 5.09. The lowest BCUT2D eigenvalue weighted by Crippen LogP contribution is -2.44. The number of carbonyl (C=O) groups is 2. The molecular weight excluding hydrogens is 285 g/mol. The second kappa shape index (κ2) is 7.10. The minimum Gasteiger partial charge on any atom is -0.368 e. The summed E-state index contributed by atoms with van der Waals surface area (Å²) in [7, 11) is 0. The quantitative estimate of drug-likeness (QED) is 0.847. The van der Waals surface area contributed by atoms with Gasteiger partial charge in [-0.05, 0) is 30.7 Å². The van der Waals surface area contributed by atoms with Crippen LogP contribution in [0.15, 0.2) is 24.3 Å². The summed E-state index contributed by atoms with van der Waals surface area (Å²) in [5.41, 5.74) is 4.39. The van der Waals surface area contributed by atoms with Gasteiger partial charge in [0.05, 0.1) is 5.56 Å². The number of unbranched alkanes of at least 4 members (excludes halogenated alkanes) is 1. The number of rotatable bonds is 6. The largest absolute Gasteiger partial charge is 0.416 e. The molecule has 0 fully saturated rings. The molecule has 0 radical (unpaired) electrons. The standard InChI is InChI=1S/C14H17F3N2O2/c1-2-3-4-11(12(18)20)19-13(21)9-5-7-10(8-6-9)14(15,16)17/h5-8,11H,2-4H2,1H3,(H2,18,20)(H,19,21)/t11-/m1/s1. The van der Waals surface area contributed by atoms with Crippen LogP contribution >= 0.6 is 0 Å². The van der Waals surface area contributed by atoms with E-state index in [9.17, 15) is 22.8 Å². The van der Waals surface area contributed by atoms with Crippen molar-refractivity contribution in [1.82, 2.24) is 5.32 Å². The van der Waals surface area contributed by atoms with E-state index in [4.69, 9.17) is 5.73 Å². The topological polar surface area (TPSA) is 72.2 Å². The number of amides is 2. The van der Waals surface area contributed by atoms with Gasteiger partial charge in [-0.2, -0.15) is 13.2 Å². The van der Waals surface area contributed by atoms with Crippen molar-refractivity contribution in [3.05, 3.63) is 35.4 Å². The Bertz CT molecular complexity index is 498. The summed E-state index contributed by atoms with van der Waals surface area (Å²) in [6.45, 7) is 1.93. The van der Waals surface area contributed by atoms with E-state index < -0.39 is 29.6 Å². The molecule has 0 spiro atoms. The zero-order valence-corrected chi connectivity index (χ0v) is 11.5. The van der Waals surface area contributed by atoms with Crippen molar-refractivity contribution in [3.63, 3.8) is 0 Å². The Morgan fingerprint density at radius 1 is 1.24 bits per heavy atom. The van der Waals surface area contributed by atoms with Gasteiger partial charge in [0.15, 0.2) is 0 Å². The van der Waals surface area contributed by atoms with Crippen molar-refractivity contribution in [1.29, 1.82) is 0 Å². The van der Waals surface area contributed by atoms with Gasteiger partial charge in [-0.25, -0.2) is 0 Å². The molecule has 1 aromatic rings. The second-order valence-electron chi connectivity index (χ2n) is 4.65. The normalized spacial score (nSPS) is 12.8. The third-order valence-corrected chi connectivity index (χ3v) is 2.97. The molecule has 3 N–H and O–H groups in total. The van der Waals surface area contributed by atoms with Crippen LogP contribution in [-0.2, 0) is 11.0 Å². The summed E-state index contributed by atoms with van der Waals surface area (Å²) in [6, 6.07) is 2.95. The Labute approximate surface area is 120 Å². The summed E-state index contributed by atoms with van der Waals surface area (Å²) in [5.74, 6) is -1.28. The molecule has 0 heterocycles. The van der Waals surface area contributed by atoms with Crippen LogP contribution in [-0.4, -0.2) is 17.9 Å². The first-order valence-corrected chi connectivity index (χ1v) is 6.53. The smallest absolute Gasteiger partial charge is 0.368 e. The van der Waals surface area contributed by atoms with Gasteiger partial charge in [0, 0.05) is 5.56 Å². The van der Waals surface area contributed by atoms with E-state index in [-0.39, 0.29) is 5.56 Å². The number of benzene rings is 1. The fourth-order valence-corrected chi connectivity index (χ4v) is 1.75. The predicted octanol–water partition coefficient (Wildman–Crippen LogP) is 2.48. The van der Waals surface area contributed by atoms with E-state index in [1.54, 1.807) is 0 Å². The number of primary amides is 1. The SMILES string of the molecule is CCCC[C@@H](NC(=O)c1ccc(C(F)(F)F)cc1)C(N)=O. The zero-order chi connectivity index (χ0) is 16.0. The van der Waals surface area contributed by atoms with Crippen LogP contribution in [0, 0.1) is 0 Å². The van der Waals surface area contributed by atoms with Crippen LogP contribution in [0.25, 0.3) is 0 Å². The van der Waals surface area contributed by atoms with E-state index in [2.05, 4.69) is 5.32 Å². The lowest BCUT2D eigenvalue weighted by molar-refractivity contribution is -0.137. The van der Waals surface area contributed by atoms with E-state index in [1.807, 2.05) is 6.92 Å². The molecule has 0 saturated carbocycles. The first-order valence-electron chi connectivity index (χ1n) is 6.53. The average Bonchev–Trinajstić information content (AvgIpc) is 2.42. The highest BCUT2D eigenvalue weighted by Crippen LogP contribution is 2.29. The van der Waals surface area contributed by atoms with Gasteiger partial charge in [0.1, 0.15) is 6.04 Å². The van der Waals surface area contributed by atoms with Gasteiger partial charge >= 0.3 is 6.18 Å². The lowest BCUT2D eigenvalue weighted by Gasteiger charge is -2.15. The molecule has 2 amide bonds. The van der Waals surface area contributed by atoms with Gasteiger partial charge in [0.25, 0.3) is 5.91 Å². The summed E-state index contributed by atoms with van der Waals surface area (Å²) in [5, 5.41) is 2.43. The zero-order valence-electron chi connectivity index (χ0n) is 11.5. The van der Waals surface area contributed by atoms with Gasteiger partial charge in [-0.1, -0.05) is 19.8 Å². The first-order chi connectivity index (χ1) is 9.75. The lowest BCUT2D eigenvalue weighted by atomic mass is 10.1. The van der Waals surface area contributed by atoms with E-state index >= 15 is 0 Å². The Balaban J connectivity index is 2.76. The number of halogens is 3. The molecule has 4 nitrogen and oxygen atoms in total. The maximum Gasteiger partial charge on any atom is 0.416 e. The maximum atomic E-state index is 12.4. The third-order valence-electron chi connectivity index (χ3n) is 2.97. The molecule has 0 aliphatic carbocycles. The van der Waals surface area contributed by atoms with Crippen LogP contribution in [0.2, 0.25) is 0 Å². The number of carbonyl (C=O) groups excluding carboxylic acids is 2. The fourth-order valence-electron chi connectivity index (χ4n) is 1.75. The Morgan fingerprint density at radius 3 is 2.24 bits per heavy atom. The average molecular weight is 302 g/mol. The van der Waals surface area contributed by atoms with Gasteiger partial charge < -0.3 is 11.1 Å². The number of hydrogen-bond donors (Lipinski definition) is 2. The monoisotopic (exact) mass is 302 g/mol. The molecule has 21 heavy (non-hydrogen) atoms. The van der Waals surface area contributed by atoms with Crippen LogP contribution in [0.5, 0.6) is 0 Å². The Kier molecular flexibility index (Phi) is 5.75. The highest BCUT2D eigenvalue weighted by molar-refractivity contribution is 5.97. The second-order valence-corrected chi connectivity index (χ2v) is 4.65. The fraction of sp³-hybridized carbons (Fsp3) is 0.429. The van der Waals surface area contributed by atoms with Gasteiger partial charge in [-0.3, -0.25) is 9.59 Å². The Hall–Kier alpha value is -2.05. The number of alkyl halides is 3. The van der Waals surface area contributed by atoms with Crippen LogP contribution in [0.4, 0.5) is 13.2 Å². The van der Waals surface area contributed by atoms with Crippen molar-refractivity contribution >= 4 is 11.8 Å². The Morgan fingerprint density at radius 2 is 1.81 bits per heavy atom. The van der Waals surface area contributed by atoms with Gasteiger partial charge in [0.2, 0.25) is 5.91 Å². The van der Waals surface area contributed by atoms with Crippen LogP contribution < -0.4 is 11.1 Å². The molecular formula is C14H17F3N2O2. The molecule has 1 aromatic carbocycles. The van der Waals surface area contributed by atoms with Crippen LogP contribution in [0.1, 0.15) is 42.1 Å². The molecule has 116 valence electrons. The van der Waals surface area contributed by atoms with Gasteiger partial charge in [-0.15, -0.1) is 0 Å². The van der Waals surface area contributed by atoms with Crippen molar-refractivity contribution in [3.8, 4) is 0 Å². The van der Waals surface area contributed by atoms with E-state index in [0.717, 1.165) is 30.7 Å². The highest BCUT2D eigenvalue weighted by Gasteiger charge is 2.30. The summed E-state index contributed by atoms with van der Waals surface area (Å²) >= 11 is 0. The van der Waals surface area contributed by atoms with E-state index in [1.165, 1.54) is 0 Å². The molecule has 0 aliphatic heterocycles. The number of nitrogens with two attached hydrogens (primary N) is 1. The van der Waals surface area contributed by atoms with E-state index in [0.29, 0.717) is 12.8 Å². The number of hydrogen-bond acceptors (Lipinski definition) is 2. The molecule has 0 saturated heterocycles. The van der Waals surface area contributed by atoms with Crippen molar-refractivity contribution in [2.45, 2.75) is 38.4 Å². The molecule has 7 heteroatoms. The van der Waals surface area contributed by atoms with Crippen molar-refractivity contribution < 1.29 is 22.8 Å². The minimum absolute atomic E-state index is 0.0470. The summed E-state index contributed by atoms with van der Waals surface area (Å²) in [6.07, 6.45) is -2.51. The minimum atomic E-state index is -4.45. The number of nitrogens with one attached hydrogen (secondary N) is 1. The molecule has 1 atom stereocenters. The molecule has 0 aromatic heterocycles. The molecule has 0 aliphatic rings. The maximum absolute atomic E-state index is 12.4. The summed E-state index contributed by atoms with van der Waals surface area (Å²) in [4.78, 5) is 23.1. The highest BCUT2D eigenvalue weighted by atomic mass is 19.4. The van der Waals surface area contributed by atoms with Crippen molar-refractivity contribution in [2.75, 3.05) is 0 Å². The first kappa shape index (κ1) is 17.0. The molecule has 0 bridgehead atoms. The molecule has 0 unspecified atom stereocenters. The summed E-state index contributed by atoms with van der Waals surface area (Å²) < 4.78 is 37.2. The van der Waals surface area contributed by atoms with Crippen molar-refractivity contribution in [2.24, 2.45) is 5.73 Å². The predicted molar refractivity (Wildman–Crippen MR) is 71.4 cm³/mol. The van der Waals surface area contributed by atoms with Crippen LogP contribution in [0.3, 0.4) is 0 Å².